The lowest BCUT2D eigenvalue weighted by Gasteiger charge is -2.23. The van der Waals surface area contributed by atoms with Gasteiger partial charge in [-0.15, -0.1) is 0 Å². The Bertz CT molecular complexity index is 499. The van der Waals surface area contributed by atoms with Gasteiger partial charge in [0, 0.05) is 24.1 Å². The third kappa shape index (κ3) is 2.06. The van der Waals surface area contributed by atoms with Crippen LogP contribution in [0.15, 0.2) is 18.2 Å². The average Bonchev–Trinajstić information content (AvgIpc) is 2.55. The van der Waals surface area contributed by atoms with E-state index in [4.69, 9.17) is 5.73 Å². The molecule has 0 fully saturated rings. The lowest BCUT2D eigenvalue weighted by atomic mass is 9.88. The number of aryl methyl sites for hydroxylation is 1. The minimum Gasteiger partial charge on any atom is -0.321 e. The molecule has 0 bridgehead atoms. The van der Waals surface area contributed by atoms with E-state index in [-0.39, 0.29) is 17.9 Å². The molecule has 0 aliphatic heterocycles. The summed E-state index contributed by atoms with van der Waals surface area (Å²) in [6.07, 6.45) is 1.68. The minimum absolute atomic E-state index is 0.00635. The number of nitro groups is 1. The fourth-order valence-corrected chi connectivity index (χ4v) is 2.48. The molecule has 0 saturated heterocycles. The van der Waals surface area contributed by atoms with Crippen molar-refractivity contribution in [2.24, 2.45) is 5.73 Å². The SMILES string of the molecule is CC(=O)C[C@@]1(N)CCc2ccc([N+](=O)[O-])cc21. The van der Waals surface area contributed by atoms with Crippen molar-refractivity contribution in [1.29, 1.82) is 0 Å². The molecule has 0 spiro atoms. The molecule has 1 aliphatic carbocycles. The number of rotatable bonds is 3. The van der Waals surface area contributed by atoms with Crippen LogP contribution in [-0.2, 0) is 16.8 Å². The maximum atomic E-state index is 11.2. The number of hydrogen-bond acceptors (Lipinski definition) is 4. The van der Waals surface area contributed by atoms with Crippen molar-refractivity contribution < 1.29 is 9.72 Å². The van der Waals surface area contributed by atoms with E-state index in [0.717, 1.165) is 17.5 Å². The second-order valence-corrected chi connectivity index (χ2v) is 4.63. The molecule has 17 heavy (non-hydrogen) atoms. The van der Waals surface area contributed by atoms with Crippen LogP contribution in [0.3, 0.4) is 0 Å². The Kier molecular flexibility index (Phi) is 2.71. The number of hydrogen-bond donors (Lipinski definition) is 1. The van der Waals surface area contributed by atoms with E-state index < -0.39 is 10.5 Å². The van der Waals surface area contributed by atoms with Gasteiger partial charge in [-0.1, -0.05) is 6.07 Å². The van der Waals surface area contributed by atoms with Crippen molar-refractivity contribution in [1.82, 2.24) is 0 Å². The highest BCUT2D eigenvalue weighted by molar-refractivity contribution is 5.77. The summed E-state index contributed by atoms with van der Waals surface area (Å²) in [6.45, 7) is 1.49. The van der Waals surface area contributed by atoms with Crippen LogP contribution in [-0.4, -0.2) is 10.7 Å². The average molecular weight is 234 g/mol. The van der Waals surface area contributed by atoms with E-state index in [2.05, 4.69) is 0 Å². The zero-order valence-electron chi connectivity index (χ0n) is 9.60. The van der Waals surface area contributed by atoms with Crippen molar-refractivity contribution in [3.63, 3.8) is 0 Å². The van der Waals surface area contributed by atoms with Crippen molar-refractivity contribution in [3.8, 4) is 0 Å². The van der Waals surface area contributed by atoms with E-state index in [1.54, 1.807) is 6.07 Å². The highest BCUT2D eigenvalue weighted by Crippen LogP contribution is 2.39. The number of ketones is 1. The Hall–Kier alpha value is -1.75. The van der Waals surface area contributed by atoms with Crippen LogP contribution < -0.4 is 5.73 Å². The number of carbonyl (C=O) groups is 1. The summed E-state index contributed by atoms with van der Waals surface area (Å²) in [4.78, 5) is 21.5. The molecule has 0 aromatic heterocycles. The lowest BCUT2D eigenvalue weighted by molar-refractivity contribution is -0.385. The molecule has 1 aromatic carbocycles. The van der Waals surface area contributed by atoms with Gasteiger partial charge < -0.3 is 5.73 Å². The Labute approximate surface area is 98.8 Å². The Morgan fingerprint density at radius 1 is 1.59 bits per heavy atom. The number of nitrogens with two attached hydrogens (primary N) is 1. The molecule has 1 aromatic rings. The zero-order valence-corrected chi connectivity index (χ0v) is 9.60. The van der Waals surface area contributed by atoms with Gasteiger partial charge in [-0.25, -0.2) is 0 Å². The van der Waals surface area contributed by atoms with Crippen LogP contribution in [0, 0.1) is 10.1 Å². The summed E-state index contributed by atoms with van der Waals surface area (Å²) in [6, 6.07) is 4.73. The van der Waals surface area contributed by atoms with Crippen molar-refractivity contribution in [3.05, 3.63) is 39.4 Å². The topological polar surface area (TPSA) is 86.2 Å². The van der Waals surface area contributed by atoms with E-state index >= 15 is 0 Å². The predicted molar refractivity (Wildman–Crippen MR) is 62.6 cm³/mol. The molecule has 90 valence electrons. The van der Waals surface area contributed by atoms with E-state index in [0.29, 0.717) is 6.42 Å². The van der Waals surface area contributed by atoms with Crippen LogP contribution in [0.5, 0.6) is 0 Å². The summed E-state index contributed by atoms with van der Waals surface area (Å²) in [5.74, 6) is 0.00635. The first kappa shape index (κ1) is 11.7. The quantitative estimate of drug-likeness (QED) is 0.636. The molecule has 2 N–H and O–H groups in total. The molecule has 5 heteroatoms. The first-order valence-electron chi connectivity index (χ1n) is 5.48. The largest absolute Gasteiger partial charge is 0.321 e. The number of non-ortho nitro benzene ring substituents is 1. The number of fused-ring (bicyclic) bond motifs is 1. The lowest BCUT2D eigenvalue weighted by Crippen LogP contribution is -2.36. The smallest absolute Gasteiger partial charge is 0.269 e. The summed E-state index contributed by atoms with van der Waals surface area (Å²) >= 11 is 0. The fraction of sp³-hybridized carbons (Fsp3) is 0.417. The molecule has 0 radical (unpaired) electrons. The van der Waals surface area contributed by atoms with E-state index in [9.17, 15) is 14.9 Å². The summed E-state index contributed by atoms with van der Waals surface area (Å²) in [7, 11) is 0. The second kappa shape index (κ2) is 3.92. The van der Waals surface area contributed by atoms with Crippen LogP contribution >= 0.6 is 0 Å². The predicted octanol–water partition coefficient (Wildman–Crippen LogP) is 1.67. The van der Waals surface area contributed by atoms with Crippen LogP contribution in [0.25, 0.3) is 0 Å². The van der Waals surface area contributed by atoms with Gasteiger partial charge in [-0.3, -0.25) is 14.9 Å². The number of benzene rings is 1. The Morgan fingerprint density at radius 3 is 2.88 bits per heavy atom. The first-order chi connectivity index (χ1) is 7.92. The van der Waals surface area contributed by atoms with E-state index in [1.807, 2.05) is 0 Å². The van der Waals surface area contributed by atoms with Gasteiger partial charge in [-0.05, 0) is 30.9 Å². The molecular weight excluding hydrogens is 220 g/mol. The molecule has 0 saturated carbocycles. The van der Waals surface area contributed by atoms with Gasteiger partial charge >= 0.3 is 0 Å². The van der Waals surface area contributed by atoms with Gasteiger partial charge in [0.1, 0.15) is 5.78 Å². The highest BCUT2D eigenvalue weighted by Gasteiger charge is 2.37. The Morgan fingerprint density at radius 2 is 2.29 bits per heavy atom. The number of nitrogens with zero attached hydrogens (tertiary/aromatic N) is 1. The first-order valence-corrected chi connectivity index (χ1v) is 5.48. The van der Waals surface area contributed by atoms with E-state index in [1.165, 1.54) is 19.1 Å². The van der Waals surface area contributed by atoms with Gasteiger partial charge in [0.05, 0.1) is 4.92 Å². The minimum atomic E-state index is -0.729. The third-order valence-electron chi connectivity index (χ3n) is 3.25. The van der Waals surface area contributed by atoms with Gasteiger partial charge in [0.25, 0.3) is 5.69 Å². The van der Waals surface area contributed by atoms with Gasteiger partial charge in [-0.2, -0.15) is 0 Å². The summed E-state index contributed by atoms with van der Waals surface area (Å²) in [5.41, 5.74) is 7.26. The summed E-state index contributed by atoms with van der Waals surface area (Å²) in [5, 5.41) is 10.7. The van der Waals surface area contributed by atoms with Crippen LogP contribution in [0.4, 0.5) is 5.69 Å². The standard InChI is InChI=1S/C12H14N2O3/c1-8(15)7-12(13)5-4-9-2-3-10(14(16)17)6-11(9)12/h2-3,6H,4-5,7,13H2,1H3/t12-/m0/s1. The molecule has 2 rings (SSSR count). The van der Waals surface area contributed by atoms with Crippen molar-refractivity contribution in [2.45, 2.75) is 31.7 Å². The molecular formula is C12H14N2O3. The Balaban J connectivity index is 2.45. The molecule has 0 unspecified atom stereocenters. The number of carbonyl (C=O) groups excluding carboxylic acids is 1. The maximum absolute atomic E-state index is 11.2. The van der Waals surface area contributed by atoms with Crippen molar-refractivity contribution in [2.75, 3.05) is 0 Å². The van der Waals surface area contributed by atoms with Crippen LogP contribution in [0.1, 0.15) is 30.9 Å². The fourth-order valence-electron chi connectivity index (χ4n) is 2.48. The molecule has 0 amide bonds. The summed E-state index contributed by atoms with van der Waals surface area (Å²) < 4.78 is 0. The monoisotopic (exact) mass is 234 g/mol. The number of Topliss-reactive ketones (excluding diaryl/α,β-unsaturated/α-hetero) is 1. The van der Waals surface area contributed by atoms with Gasteiger partial charge in [0.2, 0.25) is 0 Å². The molecule has 1 aliphatic rings. The molecule has 5 nitrogen and oxygen atoms in total. The zero-order chi connectivity index (χ0) is 12.6. The molecule has 1 atom stereocenters. The van der Waals surface area contributed by atoms with Gasteiger partial charge in [0.15, 0.2) is 0 Å². The third-order valence-corrected chi connectivity index (χ3v) is 3.25. The maximum Gasteiger partial charge on any atom is 0.269 e. The highest BCUT2D eigenvalue weighted by atomic mass is 16.6. The van der Waals surface area contributed by atoms with Crippen molar-refractivity contribution >= 4 is 11.5 Å². The normalized spacial score (nSPS) is 22.2. The molecule has 0 heterocycles. The van der Waals surface area contributed by atoms with Crippen LogP contribution in [0.2, 0.25) is 0 Å². The number of nitro benzene ring substituents is 1. The second-order valence-electron chi connectivity index (χ2n) is 4.63.